The second kappa shape index (κ2) is 14.5. The van der Waals surface area contributed by atoms with Crippen LogP contribution in [-0.4, -0.2) is 61.5 Å². The Kier molecular flexibility index (Phi) is 10.6. The normalized spacial score (nSPS) is 19.4. The molecule has 0 radical (unpaired) electrons. The summed E-state index contributed by atoms with van der Waals surface area (Å²) in [5.74, 6) is 0.777. The van der Waals surface area contributed by atoms with Crippen LogP contribution in [0.25, 0.3) is 0 Å². The van der Waals surface area contributed by atoms with Crippen molar-refractivity contribution in [2.45, 2.75) is 77.9 Å². The summed E-state index contributed by atoms with van der Waals surface area (Å²) < 4.78 is 1.81. The van der Waals surface area contributed by atoms with Gasteiger partial charge in [0.05, 0.1) is 12.6 Å². The van der Waals surface area contributed by atoms with Gasteiger partial charge in [-0.25, -0.2) is 9.67 Å². The Morgan fingerprint density at radius 1 is 1.02 bits per heavy atom. The second-order valence-corrected chi connectivity index (χ2v) is 10.8. The molecule has 10 nitrogen and oxygen atoms in total. The van der Waals surface area contributed by atoms with Crippen LogP contribution in [-0.2, 0) is 33.8 Å². The van der Waals surface area contributed by atoms with Crippen LogP contribution in [0.1, 0.15) is 68.3 Å². The predicted octanol–water partition coefficient (Wildman–Crippen LogP) is 3.17. The van der Waals surface area contributed by atoms with E-state index in [1.165, 1.54) is 0 Å². The van der Waals surface area contributed by atoms with Gasteiger partial charge >= 0.3 is 0 Å². The number of nitrogens with zero attached hydrogens (tertiary/aromatic N) is 5. The van der Waals surface area contributed by atoms with Crippen LogP contribution in [0.4, 0.5) is 0 Å². The van der Waals surface area contributed by atoms with Crippen molar-refractivity contribution in [3.63, 3.8) is 0 Å². The van der Waals surface area contributed by atoms with Gasteiger partial charge in [-0.2, -0.15) is 5.10 Å². The van der Waals surface area contributed by atoms with Crippen LogP contribution < -0.4 is 10.6 Å². The number of aryl methyl sites for hydroxylation is 2. The van der Waals surface area contributed by atoms with Gasteiger partial charge in [0.2, 0.25) is 17.7 Å². The van der Waals surface area contributed by atoms with Crippen molar-refractivity contribution in [1.29, 1.82) is 0 Å². The third-order valence-electron chi connectivity index (χ3n) is 7.67. The molecule has 0 bridgehead atoms. The summed E-state index contributed by atoms with van der Waals surface area (Å²) in [4.78, 5) is 50.5. The fraction of sp³-hybridized carbons (Fsp3) is 0.484. The lowest BCUT2D eigenvalue weighted by molar-refractivity contribution is -0.132. The van der Waals surface area contributed by atoms with Gasteiger partial charge in [-0.05, 0) is 55.4 Å². The SMILES string of the molecule is CC[C@H](C)[C@@H]1NC(=O)CCCN(C(=O)CCc2ccncc2)CCn2nc(C)nc2[C@H](Cc2ccccc2)NC1=O. The highest BCUT2D eigenvalue weighted by molar-refractivity contribution is 5.88. The van der Waals surface area contributed by atoms with Crippen molar-refractivity contribution in [3.8, 4) is 0 Å². The lowest BCUT2D eigenvalue weighted by Gasteiger charge is -2.28. The number of pyridine rings is 1. The number of hydrogen-bond acceptors (Lipinski definition) is 6. The number of carbonyl (C=O) groups is 3. The van der Waals surface area contributed by atoms with Gasteiger partial charge in [0, 0.05) is 38.3 Å². The van der Waals surface area contributed by atoms with Gasteiger partial charge in [-0.15, -0.1) is 0 Å². The van der Waals surface area contributed by atoms with E-state index in [0.717, 1.165) is 17.5 Å². The molecule has 41 heavy (non-hydrogen) atoms. The molecular formula is C31H41N7O3. The number of benzene rings is 1. The summed E-state index contributed by atoms with van der Waals surface area (Å²) in [7, 11) is 0. The van der Waals surface area contributed by atoms with E-state index in [1.807, 2.05) is 72.8 Å². The molecule has 0 unspecified atom stereocenters. The molecule has 0 saturated heterocycles. The average molecular weight is 560 g/mol. The molecule has 4 rings (SSSR count). The minimum absolute atomic E-state index is 0.0271. The average Bonchev–Trinajstić information content (AvgIpc) is 3.36. The van der Waals surface area contributed by atoms with Gasteiger partial charge in [-0.3, -0.25) is 19.4 Å². The number of amides is 3. The van der Waals surface area contributed by atoms with Crippen molar-refractivity contribution in [3.05, 3.63) is 77.6 Å². The zero-order valence-electron chi connectivity index (χ0n) is 24.3. The summed E-state index contributed by atoms with van der Waals surface area (Å²) >= 11 is 0. The Morgan fingerprint density at radius 3 is 2.51 bits per heavy atom. The van der Waals surface area contributed by atoms with Crippen LogP contribution in [0.5, 0.6) is 0 Å². The van der Waals surface area contributed by atoms with E-state index in [-0.39, 0.29) is 30.1 Å². The second-order valence-electron chi connectivity index (χ2n) is 10.8. The first-order valence-corrected chi connectivity index (χ1v) is 14.6. The van der Waals surface area contributed by atoms with E-state index in [9.17, 15) is 14.4 Å². The molecule has 1 aromatic carbocycles. The molecule has 3 aromatic rings. The molecule has 0 saturated carbocycles. The number of carbonyl (C=O) groups excluding carboxylic acids is 3. The summed E-state index contributed by atoms with van der Waals surface area (Å²) in [6, 6.07) is 12.6. The van der Waals surface area contributed by atoms with Gasteiger partial charge in [-0.1, -0.05) is 50.6 Å². The first kappa shape index (κ1) is 29.9. The van der Waals surface area contributed by atoms with Crippen LogP contribution >= 0.6 is 0 Å². The van der Waals surface area contributed by atoms with E-state index in [0.29, 0.717) is 57.0 Å². The van der Waals surface area contributed by atoms with E-state index in [2.05, 4.69) is 20.7 Å². The zero-order valence-corrected chi connectivity index (χ0v) is 24.3. The van der Waals surface area contributed by atoms with Crippen LogP contribution in [0.3, 0.4) is 0 Å². The molecule has 0 aliphatic carbocycles. The Hall–Kier alpha value is -4.08. The highest BCUT2D eigenvalue weighted by Crippen LogP contribution is 2.20. The molecule has 2 aromatic heterocycles. The number of aromatic nitrogens is 4. The van der Waals surface area contributed by atoms with Crippen molar-refractivity contribution >= 4 is 17.7 Å². The smallest absolute Gasteiger partial charge is 0.243 e. The maximum atomic E-state index is 13.6. The van der Waals surface area contributed by atoms with Crippen molar-refractivity contribution in [2.75, 3.05) is 13.1 Å². The fourth-order valence-corrected chi connectivity index (χ4v) is 5.13. The minimum Gasteiger partial charge on any atom is -0.344 e. The van der Waals surface area contributed by atoms with Gasteiger partial charge < -0.3 is 15.5 Å². The molecule has 10 heteroatoms. The highest BCUT2D eigenvalue weighted by atomic mass is 16.2. The van der Waals surface area contributed by atoms with E-state index >= 15 is 0 Å². The number of fused-ring (bicyclic) bond motifs is 1. The highest BCUT2D eigenvalue weighted by Gasteiger charge is 2.30. The molecule has 2 N–H and O–H groups in total. The lowest BCUT2D eigenvalue weighted by Crippen LogP contribution is -2.51. The Labute approximate surface area is 241 Å². The van der Waals surface area contributed by atoms with E-state index in [4.69, 9.17) is 4.98 Å². The lowest BCUT2D eigenvalue weighted by atomic mass is 9.97. The summed E-state index contributed by atoms with van der Waals surface area (Å²) in [6.45, 7) is 7.10. The number of hydrogen-bond donors (Lipinski definition) is 2. The quantitative estimate of drug-likeness (QED) is 0.459. The third kappa shape index (κ3) is 8.45. The van der Waals surface area contributed by atoms with Gasteiger partial charge in [0.1, 0.15) is 17.7 Å². The minimum atomic E-state index is -0.677. The summed E-state index contributed by atoms with van der Waals surface area (Å²) in [5.41, 5.74) is 2.10. The van der Waals surface area contributed by atoms with Crippen LogP contribution in [0, 0.1) is 12.8 Å². The molecule has 1 aliphatic heterocycles. The van der Waals surface area contributed by atoms with E-state index < -0.39 is 12.1 Å². The standard InChI is InChI=1S/C31H41N7O3/c1-4-22(2)29-31(41)34-26(21-25-9-6-5-7-10-25)30-33-23(3)36-38(30)20-19-37(18-8-11-27(39)35-29)28(40)13-12-24-14-16-32-17-15-24/h5-7,9-10,14-17,22,26,29H,4,8,11-13,18-21H2,1-3H3,(H,34,41)(H,35,39)/t22-,26-,29-/m0/s1. The number of rotatable bonds is 7. The van der Waals surface area contributed by atoms with Gasteiger partial charge in [0.15, 0.2) is 0 Å². The van der Waals surface area contributed by atoms with Crippen molar-refractivity contribution in [2.24, 2.45) is 5.92 Å². The third-order valence-corrected chi connectivity index (χ3v) is 7.67. The van der Waals surface area contributed by atoms with Crippen molar-refractivity contribution in [1.82, 2.24) is 35.3 Å². The first-order chi connectivity index (χ1) is 19.8. The molecule has 0 fully saturated rings. The predicted molar refractivity (Wildman–Crippen MR) is 156 cm³/mol. The summed E-state index contributed by atoms with van der Waals surface area (Å²) in [5, 5.41) is 10.8. The Bertz CT molecular complexity index is 1300. The summed E-state index contributed by atoms with van der Waals surface area (Å²) in [6.07, 6.45) is 6.42. The molecule has 218 valence electrons. The molecule has 3 amide bonds. The maximum Gasteiger partial charge on any atom is 0.243 e. The molecule has 3 atom stereocenters. The van der Waals surface area contributed by atoms with Crippen LogP contribution in [0.15, 0.2) is 54.9 Å². The fourth-order valence-electron chi connectivity index (χ4n) is 5.13. The Balaban J connectivity index is 1.62. The monoisotopic (exact) mass is 559 g/mol. The largest absolute Gasteiger partial charge is 0.344 e. The van der Waals surface area contributed by atoms with E-state index in [1.54, 1.807) is 12.4 Å². The first-order valence-electron chi connectivity index (χ1n) is 14.6. The maximum absolute atomic E-state index is 13.6. The molecule has 3 heterocycles. The Morgan fingerprint density at radius 2 is 1.78 bits per heavy atom. The van der Waals surface area contributed by atoms with Crippen LogP contribution in [0.2, 0.25) is 0 Å². The van der Waals surface area contributed by atoms with Gasteiger partial charge in [0.25, 0.3) is 0 Å². The molecule has 0 spiro atoms. The topological polar surface area (TPSA) is 122 Å². The molecule has 1 aliphatic rings. The molecular weight excluding hydrogens is 518 g/mol. The number of nitrogens with one attached hydrogen (secondary N) is 2. The van der Waals surface area contributed by atoms with Crippen molar-refractivity contribution < 1.29 is 14.4 Å². The zero-order chi connectivity index (χ0) is 29.2.